The molecule has 0 aliphatic carbocycles. The van der Waals surface area contributed by atoms with Crippen LogP contribution < -0.4 is 5.32 Å². The molecule has 6 heteroatoms. The first-order valence-electron chi connectivity index (χ1n) is 7.14. The molecule has 0 spiro atoms. The minimum atomic E-state index is -2.98. The fourth-order valence-corrected chi connectivity index (χ4v) is 4.81. The summed E-state index contributed by atoms with van der Waals surface area (Å²) in [4.78, 5) is 14.3. The van der Waals surface area contributed by atoms with Gasteiger partial charge in [-0.1, -0.05) is 20.3 Å². The number of hydrogen-bond acceptors (Lipinski definition) is 4. The summed E-state index contributed by atoms with van der Waals surface area (Å²) in [5.74, 6) is 0.740. The molecule has 1 amide bonds. The van der Waals surface area contributed by atoms with Gasteiger partial charge in [0.15, 0.2) is 9.84 Å². The number of carbonyl (C=O) groups excluding carboxylic acids is 1. The van der Waals surface area contributed by atoms with Crippen LogP contribution in [0.15, 0.2) is 0 Å². The highest BCUT2D eigenvalue weighted by molar-refractivity contribution is 7.91. The van der Waals surface area contributed by atoms with Gasteiger partial charge in [0.2, 0.25) is 5.91 Å². The molecule has 5 nitrogen and oxygen atoms in total. The Morgan fingerprint density at radius 3 is 2.74 bits per heavy atom. The Morgan fingerprint density at radius 2 is 2.16 bits per heavy atom. The minimum Gasteiger partial charge on any atom is -0.322 e. The van der Waals surface area contributed by atoms with Gasteiger partial charge in [0.05, 0.1) is 23.7 Å². The van der Waals surface area contributed by atoms with E-state index in [0.717, 1.165) is 12.8 Å². The molecule has 0 radical (unpaired) electrons. The Balaban J connectivity index is 2.14. The molecule has 110 valence electrons. The molecule has 0 saturated carbocycles. The molecule has 2 saturated heterocycles. The standard InChI is InChI=1S/C13H24N2O3S/c1-4-9(2)12-13(16)15(10(3)14-12)11-6-5-7-19(17,18)8-11/h9-12,14H,4-8H2,1-3H3. The predicted octanol–water partition coefficient (Wildman–Crippen LogP) is 0.756. The molecule has 0 bridgehead atoms. The van der Waals surface area contributed by atoms with Crippen molar-refractivity contribution < 1.29 is 13.2 Å². The normalized spacial score (nSPS) is 36.5. The fraction of sp³-hybridized carbons (Fsp3) is 0.923. The lowest BCUT2D eigenvalue weighted by molar-refractivity contribution is -0.132. The van der Waals surface area contributed by atoms with Gasteiger partial charge in [-0.25, -0.2) is 8.42 Å². The second-order valence-corrected chi connectivity index (χ2v) is 8.09. The summed E-state index contributed by atoms with van der Waals surface area (Å²) >= 11 is 0. The average Bonchev–Trinajstić information content (AvgIpc) is 2.62. The van der Waals surface area contributed by atoms with Crippen molar-refractivity contribution in [1.29, 1.82) is 0 Å². The molecule has 0 aromatic rings. The maximum absolute atomic E-state index is 12.5. The fourth-order valence-electron chi connectivity index (χ4n) is 3.12. The van der Waals surface area contributed by atoms with Gasteiger partial charge < -0.3 is 4.90 Å². The monoisotopic (exact) mass is 288 g/mol. The smallest absolute Gasteiger partial charge is 0.241 e. The molecular weight excluding hydrogens is 264 g/mol. The highest BCUT2D eigenvalue weighted by Crippen LogP contribution is 2.26. The topological polar surface area (TPSA) is 66.5 Å². The van der Waals surface area contributed by atoms with Gasteiger partial charge in [0, 0.05) is 6.04 Å². The zero-order valence-electron chi connectivity index (χ0n) is 11.9. The zero-order chi connectivity index (χ0) is 14.2. The number of carbonyl (C=O) groups is 1. The highest BCUT2D eigenvalue weighted by Gasteiger charge is 2.44. The Hall–Kier alpha value is -0.620. The maximum Gasteiger partial charge on any atom is 0.241 e. The SMILES string of the molecule is CCC(C)C1NC(C)N(C2CCCS(=O)(=O)C2)C1=O. The van der Waals surface area contributed by atoms with Crippen LogP contribution in [-0.4, -0.2) is 49.0 Å². The first-order chi connectivity index (χ1) is 8.85. The summed E-state index contributed by atoms with van der Waals surface area (Å²) in [6.07, 6.45) is 2.33. The van der Waals surface area contributed by atoms with Crippen LogP contribution in [0.2, 0.25) is 0 Å². The van der Waals surface area contributed by atoms with Crippen LogP contribution in [0.25, 0.3) is 0 Å². The molecule has 4 atom stereocenters. The van der Waals surface area contributed by atoms with Gasteiger partial charge >= 0.3 is 0 Å². The van der Waals surface area contributed by atoms with Gasteiger partial charge in [0.1, 0.15) is 0 Å². The third kappa shape index (κ3) is 2.94. The lowest BCUT2D eigenvalue weighted by atomic mass is 9.99. The molecule has 2 heterocycles. The van der Waals surface area contributed by atoms with Crippen LogP contribution in [0.4, 0.5) is 0 Å². The quantitative estimate of drug-likeness (QED) is 0.832. The van der Waals surface area contributed by atoms with Gasteiger partial charge in [0.25, 0.3) is 0 Å². The number of sulfone groups is 1. The van der Waals surface area contributed by atoms with Gasteiger partial charge in [-0.05, 0) is 25.7 Å². The van der Waals surface area contributed by atoms with Gasteiger partial charge in [-0.2, -0.15) is 0 Å². The molecule has 1 N–H and O–H groups in total. The molecule has 2 fully saturated rings. The van der Waals surface area contributed by atoms with Crippen molar-refractivity contribution in [3.8, 4) is 0 Å². The first kappa shape index (κ1) is 14.8. The van der Waals surface area contributed by atoms with Crippen molar-refractivity contribution in [3.63, 3.8) is 0 Å². The summed E-state index contributed by atoms with van der Waals surface area (Å²) in [5, 5.41) is 3.31. The Bertz CT molecular complexity index is 449. The third-order valence-electron chi connectivity index (χ3n) is 4.40. The second-order valence-electron chi connectivity index (χ2n) is 5.86. The van der Waals surface area contributed by atoms with E-state index in [1.807, 2.05) is 6.92 Å². The van der Waals surface area contributed by atoms with Crippen LogP contribution in [-0.2, 0) is 14.6 Å². The van der Waals surface area contributed by atoms with Crippen molar-refractivity contribution in [1.82, 2.24) is 10.2 Å². The number of rotatable bonds is 3. The lowest BCUT2D eigenvalue weighted by Crippen LogP contribution is -2.48. The molecule has 2 aliphatic heterocycles. The predicted molar refractivity (Wildman–Crippen MR) is 74.4 cm³/mol. The van der Waals surface area contributed by atoms with Crippen LogP contribution in [0.5, 0.6) is 0 Å². The van der Waals surface area contributed by atoms with E-state index in [0.29, 0.717) is 6.42 Å². The van der Waals surface area contributed by atoms with Gasteiger partial charge in [-0.15, -0.1) is 0 Å². The molecule has 2 rings (SSSR count). The van der Waals surface area contributed by atoms with E-state index in [9.17, 15) is 13.2 Å². The zero-order valence-corrected chi connectivity index (χ0v) is 12.7. The van der Waals surface area contributed by atoms with Crippen molar-refractivity contribution in [2.75, 3.05) is 11.5 Å². The van der Waals surface area contributed by atoms with E-state index in [-0.39, 0.29) is 41.6 Å². The van der Waals surface area contributed by atoms with E-state index in [1.54, 1.807) is 4.90 Å². The van der Waals surface area contributed by atoms with Crippen molar-refractivity contribution >= 4 is 15.7 Å². The summed E-state index contributed by atoms with van der Waals surface area (Å²) in [7, 11) is -2.98. The molecule has 4 unspecified atom stereocenters. The van der Waals surface area contributed by atoms with Crippen LogP contribution in [0.1, 0.15) is 40.0 Å². The summed E-state index contributed by atoms with van der Waals surface area (Å²) in [6.45, 7) is 6.07. The van der Waals surface area contributed by atoms with Crippen LogP contribution in [0, 0.1) is 5.92 Å². The van der Waals surface area contributed by atoms with E-state index >= 15 is 0 Å². The molecule has 0 aromatic heterocycles. The van der Waals surface area contributed by atoms with E-state index in [4.69, 9.17) is 0 Å². The second kappa shape index (κ2) is 5.40. The number of nitrogens with one attached hydrogen (secondary N) is 1. The Morgan fingerprint density at radius 1 is 1.47 bits per heavy atom. The van der Waals surface area contributed by atoms with Crippen molar-refractivity contribution in [2.24, 2.45) is 5.92 Å². The largest absolute Gasteiger partial charge is 0.322 e. The Labute approximate surface area is 115 Å². The number of nitrogens with zero attached hydrogens (tertiary/aromatic N) is 1. The molecule has 19 heavy (non-hydrogen) atoms. The minimum absolute atomic E-state index is 0.0650. The van der Waals surface area contributed by atoms with E-state index in [1.165, 1.54) is 0 Å². The van der Waals surface area contributed by atoms with E-state index in [2.05, 4.69) is 19.2 Å². The first-order valence-corrected chi connectivity index (χ1v) is 8.96. The molecule has 0 aromatic carbocycles. The lowest BCUT2D eigenvalue weighted by Gasteiger charge is -2.33. The summed E-state index contributed by atoms with van der Waals surface area (Å²) in [5.41, 5.74) is 0. The van der Waals surface area contributed by atoms with E-state index < -0.39 is 9.84 Å². The maximum atomic E-state index is 12.5. The summed E-state index contributed by atoms with van der Waals surface area (Å²) < 4.78 is 23.5. The molecular formula is C13H24N2O3S. The van der Waals surface area contributed by atoms with Crippen LogP contribution >= 0.6 is 0 Å². The third-order valence-corrected chi connectivity index (χ3v) is 6.21. The van der Waals surface area contributed by atoms with Crippen molar-refractivity contribution in [2.45, 2.75) is 58.3 Å². The van der Waals surface area contributed by atoms with Gasteiger partial charge in [-0.3, -0.25) is 10.1 Å². The highest BCUT2D eigenvalue weighted by atomic mass is 32.2. The molecule has 2 aliphatic rings. The van der Waals surface area contributed by atoms with Crippen LogP contribution in [0.3, 0.4) is 0 Å². The number of amides is 1. The average molecular weight is 288 g/mol. The van der Waals surface area contributed by atoms with Crippen molar-refractivity contribution in [3.05, 3.63) is 0 Å². The Kier molecular flexibility index (Phi) is 4.20. The summed E-state index contributed by atoms with van der Waals surface area (Å²) in [6, 6.07) is -0.313. The number of hydrogen-bond donors (Lipinski definition) is 1.